The van der Waals surface area contributed by atoms with E-state index < -0.39 is 6.09 Å². The lowest BCUT2D eigenvalue weighted by atomic mass is 10.2. The van der Waals surface area contributed by atoms with Crippen molar-refractivity contribution in [3.63, 3.8) is 0 Å². The third kappa shape index (κ3) is 3.60. The van der Waals surface area contributed by atoms with E-state index in [4.69, 9.17) is 9.47 Å². The van der Waals surface area contributed by atoms with Gasteiger partial charge in [0, 0.05) is 13.1 Å². The molecule has 0 saturated heterocycles. The van der Waals surface area contributed by atoms with Crippen LogP contribution >= 0.6 is 0 Å². The van der Waals surface area contributed by atoms with Crippen molar-refractivity contribution in [1.29, 1.82) is 0 Å². The summed E-state index contributed by atoms with van der Waals surface area (Å²) in [6.07, 6.45) is -0.551. The minimum atomic E-state index is -0.551. The first kappa shape index (κ1) is 14.9. The minimum Gasteiger partial charge on any atom is -0.482 e. The number of hydrogen-bond acceptors (Lipinski definition) is 4. The van der Waals surface area contributed by atoms with Gasteiger partial charge in [0.15, 0.2) is 6.61 Å². The molecule has 3 rings (SSSR count). The van der Waals surface area contributed by atoms with Gasteiger partial charge in [-0.3, -0.25) is 4.79 Å². The number of nitrogens with one attached hydrogen (secondary N) is 1. The first-order valence-corrected chi connectivity index (χ1v) is 7.27. The Balaban J connectivity index is 1.54. The molecule has 0 atom stereocenters. The summed E-state index contributed by atoms with van der Waals surface area (Å²) in [5.41, 5.74) is 0.710. The lowest BCUT2D eigenvalue weighted by Crippen LogP contribution is -2.43. The highest BCUT2D eigenvalue weighted by atomic mass is 16.6. The lowest BCUT2D eigenvalue weighted by molar-refractivity contribution is -0.121. The minimum absolute atomic E-state index is 0.00543. The summed E-state index contributed by atoms with van der Waals surface area (Å²) in [5.74, 6) is 0.999. The van der Waals surface area contributed by atoms with Crippen LogP contribution in [0.15, 0.2) is 54.6 Å². The van der Waals surface area contributed by atoms with Gasteiger partial charge >= 0.3 is 6.09 Å². The number of carbonyl (C=O) groups excluding carboxylic acids is 2. The second-order valence-corrected chi connectivity index (χ2v) is 4.93. The molecule has 0 spiro atoms. The second kappa shape index (κ2) is 6.83. The number of anilines is 1. The predicted molar refractivity (Wildman–Crippen MR) is 84.8 cm³/mol. The summed E-state index contributed by atoms with van der Waals surface area (Å²) in [7, 11) is 0. The molecule has 0 aliphatic carbocycles. The highest BCUT2D eigenvalue weighted by Crippen LogP contribution is 2.30. The van der Waals surface area contributed by atoms with Gasteiger partial charge in [-0.15, -0.1) is 0 Å². The van der Waals surface area contributed by atoms with Crippen molar-refractivity contribution in [1.82, 2.24) is 5.32 Å². The predicted octanol–water partition coefficient (Wildman–Crippen LogP) is 2.20. The maximum absolute atomic E-state index is 12.0. The summed E-state index contributed by atoms with van der Waals surface area (Å²) in [5, 5.41) is 2.63. The van der Waals surface area contributed by atoms with Crippen molar-refractivity contribution < 1.29 is 19.1 Å². The molecule has 2 aromatic carbocycles. The number of para-hydroxylation sites is 3. The molecule has 0 radical (unpaired) electrons. The molecule has 0 unspecified atom stereocenters. The Labute approximate surface area is 133 Å². The Morgan fingerprint density at radius 1 is 1.13 bits per heavy atom. The molecule has 0 aromatic heterocycles. The quantitative estimate of drug-likeness (QED) is 0.940. The van der Waals surface area contributed by atoms with Crippen LogP contribution in [0.25, 0.3) is 0 Å². The van der Waals surface area contributed by atoms with Gasteiger partial charge in [-0.2, -0.15) is 0 Å². The number of benzene rings is 2. The van der Waals surface area contributed by atoms with Crippen LogP contribution < -0.4 is 19.7 Å². The fourth-order valence-corrected chi connectivity index (χ4v) is 2.30. The maximum Gasteiger partial charge on any atom is 0.412 e. The molecule has 2 amide bonds. The van der Waals surface area contributed by atoms with Crippen LogP contribution in [-0.2, 0) is 4.79 Å². The molecule has 0 fully saturated rings. The molecule has 1 aliphatic heterocycles. The smallest absolute Gasteiger partial charge is 0.412 e. The van der Waals surface area contributed by atoms with Gasteiger partial charge in [0.05, 0.1) is 5.69 Å². The van der Waals surface area contributed by atoms with Crippen LogP contribution in [0.1, 0.15) is 0 Å². The average Bonchev–Trinajstić information content (AvgIpc) is 2.58. The first-order chi connectivity index (χ1) is 11.2. The first-order valence-electron chi connectivity index (χ1n) is 7.27. The molecule has 1 N–H and O–H groups in total. The third-order valence-electron chi connectivity index (χ3n) is 3.37. The van der Waals surface area contributed by atoms with E-state index in [1.165, 1.54) is 0 Å². The monoisotopic (exact) mass is 312 g/mol. The molecule has 118 valence electrons. The molecular formula is C17H16N2O4. The summed E-state index contributed by atoms with van der Waals surface area (Å²) < 4.78 is 10.5. The van der Waals surface area contributed by atoms with E-state index in [1.54, 1.807) is 29.2 Å². The number of carbonyl (C=O) groups is 2. The zero-order valence-electron chi connectivity index (χ0n) is 12.4. The number of nitrogens with zero attached hydrogens (tertiary/aromatic N) is 1. The van der Waals surface area contributed by atoms with E-state index >= 15 is 0 Å². The highest BCUT2D eigenvalue weighted by Gasteiger charge is 2.24. The summed E-state index contributed by atoms with van der Waals surface area (Å²) in [4.78, 5) is 25.3. The van der Waals surface area contributed by atoms with E-state index in [-0.39, 0.29) is 19.1 Å². The van der Waals surface area contributed by atoms with E-state index in [0.717, 1.165) is 0 Å². The highest BCUT2D eigenvalue weighted by molar-refractivity contribution is 5.97. The van der Waals surface area contributed by atoms with Gasteiger partial charge in [-0.25, -0.2) is 4.79 Å². The molecule has 6 nitrogen and oxygen atoms in total. The Kier molecular flexibility index (Phi) is 4.42. The molecular weight excluding hydrogens is 296 g/mol. The molecule has 0 saturated carbocycles. The molecule has 1 heterocycles. The number of hydrogen-bond donors (Lipinski definition) is 1. The van der Waals surface area contributed by atoms with Crippen LogP contribution in [-0.4, -0.2) is 31.7 Å². The van der Waals surface area contributed by atoms with Gasteiger partial charge in [-0.1, -0.05) is 30.3 Å². The normalized spacial score (nSPS) is 13.0. The van der Waals surface area contributed by atoms with Gasteiger partial charge in [0.2, 0.25) is 0 Å². The fraction of sp³-hybridized carbons (Fsp3) is 0.176. The Morgan fingerprint density at radius 2 is 1.87 bits per heavy atom. The number of fused-ring (bicyclic) bond motifs is 1. The van der Waals surface area contributed by atoms with E-state index in [2.05, 4.69) is 5.32 Å². The van der Waals surface area contributed by atoms with E-state index in [0.29, 0.717) is 23.7 Å². The zero-order valence-corrected chi connectivity index (χ0v) is 12.4. The lowest BCUT2D eigenvalue weighted by Gasteiger charge is -2.29. The number of rotatable bonds is 4. The van der Waals surface area contributed by atoms with Crippen molar-refractivity contribution in [2.24, 2.45) is 0 Å². The third-order valence-corrected chi connectivity index (χ3v) is 3.37. The largest absolute Gasteiger partial charge is 0.482 e. The van der Waals surface area contributed by atoms with Crippen LogP contribution in [0.2, 0.25) is 0 Å². The van der Waals surface area contributed by atoms with Crippen molar-refractivity contribution in [3.8, 4) is 11.5 Å². The fourth-order valence-electron chi connectivity index (χ4n) is 2.30. The van der Waals surface area contributed by atoms with Crippen LogP contribution in [0.3, 0.4) is 0 Å². The van der Waals surface area contributed by atoms with Crippen molar-refractivity contribution in [2.45, 2.75) is 0 Å². The average molecular weight is 312 g/mol. The summed E-state index contributed by atoms with van der Waals surface area (Å²) in [6, 6.07) is 16.1. The number of amides is 2. The summed E-state index contributed by atoms with van der Waals surface area (Å²) >= 11 is 0. The summed E-state index contributed by atoms with van der Waals surface area (Å²) in [6.45, 7) is 0.639. The van der Waals surface area contributed by atoms with Gasteiger partial charge in [0.1, 0.15) is 11.5 Å². The standard InChI is InChI=1S/C17H16N2O4/c20-16-12-22-15-9-5-4-8-14(15)19(16)11-10-18-17(21)23-13-6-2-1-3-7-13/h1-9H,10-12H2,(H,18,21). The molecule has 1 aliphatic rings. The van der Waals surface area contributed by atoms with Crippen LogP contribution in [0, 0.1) is 0 Å². The van der Waals surface area contributed by atoms with Crippen molar-refractivity contribution in [3.05, 3.63) is 54.6 Å². The van der Waals surface area contributed by atoms with Crippen molar-refractivity contribution in [2.75, 3.05) is 24.6 Å². The zero-order chi connectivity index (χ0) is 16.1. The van der Waals surface area contributed by atoms with Crippen molar-refractivity contribution >= 4 is 17.7 Å². The van der Waals surface area contributed by atoms with Crippen LogP contribution in [0.4, 0.5) is 10.5 Å². The Morgan fingerprint density at radius 3 is 2.70 bits per heavy atom. The molecule has 0 bridgehead atoms. The van der Waals surface area contributed by atoms with E-state index in [1.807, 2.05) is 30.3 Å². The van der Waals surface area contributed by atoms with Gasteiger partial charge in [-0.05, 0) is 24.3 Å². The Hall–Kier alpha value is -3.02. The van der Waals surface area contributed by atoms with Crippen LogP contribution in [0.5, 0.6) is 11.5 Å². The number of ether oxygens (including phenoxy) is 2. The molecule has 6 heteroatoms. The van der Waals surface area contributed by atoms with Gasteiger partial charge < -0.3 is 19.7 Å². The van der Waals surface area contributed by atoms with E-state index in [9.17, 15) is 9.59 Å². The maximum atomic E-state index is 12.0. The van der Waals surface area contributed by atoms with Gasteiger partial charge in [0.25, 0.3) is 5.91 Å². The second-order valence-electron chi connectivity index (χ2n) is 4.93. The topological polar surface area (TPSA) is 67.9 Å². The molecule has 23 heavy (non-hydrogen) atoms. The Bertz CT molecular complexity index is 703. The molecule has 2 aromatic rings. The SMILES string of the molecule is O=C(NCCN1C(=O)COc2ccccc21)Oc1ccccc1.